The van der Waals surface area contributed by atoms with Crippen molar-refractivity contribution in [3.8, 4) is 0 Å². The van der Waals surface area contributed by atoms with Gasteiger partial charge in [0.15, 0.2) is 0 Å². The summed E-state index contributed by atoms with van der Waals surface area (Å²) in [6, 6.07) is 15.5. The van der Waals surface area contributed by atoms with Gasteiger partial charge in [0.25, 0.3) is 0 Å². The van der Waals surface area contributed by atoms with Crippen molar-refractivity contribution in [3.63, 3.8) is 0 Å². The largest absolute Gasteiger partial charge is 0.378 e. The lowest BCUT2D eigenvalue weighted by atomic mass is 10.0. The maximum absolute atomic E-state index is 13.1. The number of hydrogen-bond donors (Lipinski definition) is 1. The first-order valence-electron chi connectivity index (χ1n) is 6.78. The summed E-state index contributed by atoms with van der Waals surface area (Å²) < 4.78 is 13.1. The van der Waals surface area contributed by atoms with Crippen LogP contribution in [0.1, 0.15) is 36.9 Å². The molecule has 0 saturated carbocycles. The molecule has 1 nitrogen and oxygen atoms in total. The molecule has 2 aromatic rings. The predicted octanol–water partition coefficient (Wildman–Crippen LogP) is 5.09. The van der Waals surface area contributed by atoms with Crippen LogP contribution in [-0.4, -0.2) is 0 Å². The van der Waals surface area contributed by atoms with Crippen LogP contribution in [0.5, 0.6) is 0 Å². The molecule has 0 heterocycles. The molecule has 0 aliphatic heterocycles. The molecule has 0 amide bonds. The maximum Gasteiger partial charge on any atom is 0.123 e. The quantitative estimate of drug-likeness (QED) is 0.787. The molecule has 1 N–H and O–H groups in total. The Hall–Kier alpha value is -1.83. The monoisotopic (exact) mass is 257 g/mol. The van der Waals surface area contributed by atoms with Crippen LogP contribution in [0.15, 0.2) is 48.5 Å². The second kappa shape index (κ2) is 6.37. The van der Waals surface area contributed by atoms with E-state index in [9.17, 15) is 4.39 Å². The minimum Gasteiger partial charge on any atom is -0.378 e. The molecule has 0 aliphatic rings. The van der Waals surface area contributed by atoms with E-state index in [-0.39, 0.29) is 11.9 Å². The van der Waals surface area contributed by atoms with E-state index >= 15 is 0 Å². The molecule has 2 aromatic carbocycles. The van der Waals surface area contributed by atoms with E-state index < -0.39 is 0 Å². The van der Waals surface area contributed by atoms with Crippen molar-refractivity contribution < 1.29 is 4.39 Å². The van der Waals surface area contributed by atoms with Crippen LogP contribution in [0.25, 0.3) is 0 Å². The van der Waals surface area contributed by atoms with Gasteiger partial charge in [-0.25, -0.2) is 4.39 Å². The number of anilines is 1. The van der Waals surface area contributed by atoms with Crippen LogP contribution < -0.4 is 5.32 Å². The maximum atomic E-state index is 13.1. The van der Waals surface area contributed by atoms with E-state index in [0.29, 0.717) is 0 Å². The Balaban J connectivity index is 2.21. The van der Waals surface area contributed by atoms with Gasteiger partial charge < -0.3 is 5.32 Å². The summed E-state index contributed by atoms with van der Waals surface area (Å²) in [6.45, 7) is 4.11. The molecule has 19 heavy (non-hydrogen) atoms. The lowest BCUT2D eigenvalue weighted by molar-refractivity contribution is 0.626. The molecule has 100 valence electrons. The first kappa shape index (κ1) is 13.6. The zero-order chi connectivity index (χ0) is 13.7. The Kier molecular flexibility index (Phi) is 4.56. The van der Waals surface area contributed by atoms with Gasteiger partial charge in [0.1, 0.15) is 5.82 Å². The van der Waals surface area contributed by atoms with Crippen molar-refractivity contribution in [2.75, 3.05) is 5.32 Å². The van der Waals surface area contributed by atoms with Gasteiger partial charge in [-0.1, -0.05) is 43.7 Å². The van der Waals surface area contributed by atoms with E-state index in [1.807, 2.05) is 19.1 Å². The molecule has 1 unspecified atom stereocenters. The summed E-state index contributed by atoms with van der Waals surface area (Å²) in [7, 11) is 0. The third-order valence-electron chi connectivity index (χ3n) is 3.30. The summed E-state index contributed by atoms with van der Waals surface area (Å²) >= 11 is 0. The van der Waals surface area contributed by atoms with Gasteiger partial charge in [0.05, 0.1) is 6.04 Å². The molecule has 0 radical (unpaired) electrons. The highest BCUT2D eigenvalue weighted by Gasteiger charge is 2.11. The second-order valence-electron chi connectivity index (χ2n) is 4.86. The topological polar surface area (TPSA) is 12.0 Å². The summed E-state index contributed by atoms with van der Waals surface area (Å²) in [5, 5.41) is 3.53. The Morgan fingerprint density at radius 2 is 1.84 bits per heavy atom. The number of halogens is 1. The Bertz CT molecular complexity index is 522. The Morgan fingerprint density at radius 1 is 1.11 bits per heavy atom. The molecular weight excluding hydrogens is 237 g/mol. The third kappa shape index (κ3) is 3.57. The summed E-state index contributed by atoms with van der Waals surface area (Å²) in [5.74, 6) is -0.185. The van der Waals surface area contributed by atoms with Crippen molar-refractivity contribution in [2.24, 2.45) is 0 Å². The van der Waals surface area contributed by atoms with Crippen molar-refractivity contribution in [3.05, 3.63) is 65.5 Å². The van der Waals surface area contributed by atoms with Crippen molar-refractivity contribution in [1.29, 1.82) is 0 Å². The van der Waals surface area contributed by atoms with E-state index in [4.69, 9.17) is 0 Å². The van der Waals surface area contributed by atoms with E-state index in [0.717, 1.165) is 24.1 Å². The predicted molar refractivity (Wildman–Crippen MR) is 78.9 cm³/mol. The first-order chi connectivity index (χ1) is 9.20. The van der Waals surface area contributed by atoms with Crippen molar-refractivity contribution in [1.82, 2.24) is 0 Å². The minimum absolute atomic E-state index is 0.185. The van der Waals surface area contributed by atoms with E-state index in [1.54, 1.807) is 6.07 Å². The molecule has 0 saturated heterocycles. The van der Waals surface area contributed by atoms with Crippen LogP contribution in [0.3, 0.4) is 0 Å². The standard InChI is InChI=1S/C17H20FN/c1-3-7-17(14-8-5-4-6-9-14)19-16-11-10-15(18)12-13(16)2/h4-6,8-12,17,19H,3,7H2,1-2H3. The van der Waals surface area contributed by atoms with Gasteiger partial charge in [0, 0.05) is 5.69 Å². The van der Waals surface area contributed by atoms with E-state index in [2.05, 4.69) is 36.5 Å². The second-order valence-corrected chi connectivity index (χ2v) is 4.86. The summed E-state index contributed by atoms with van der Waals surface area (Å²) in [6.07, 6.45) is 2.16. The molecular formula is C17H20FN. The smallest absolute Gasteiger partial charge is 0.123 e. The van der Waals surface area contributed by atoms with Gasteiger partial charge >= 0.3 is 0 Å². The average Bonchev–Trinajstić information content (AvgIpc) is 2.42. The minimum atomic E-state index is -0.185. The van der Waals surface area contributed by atoms with Gasteiger partial charge in [-0.2, -0.15) is 0 Å². The van der Waals surface area contributed by atoms with Gasteiger partial charge in [0.2, 0.25) is 0 Å². The summed E-state index contributed by atoms with van der Waals surface area (Å²) in [4.78, 5) is 0. The number of nitrogens with one attached hydrogen (secondary N) is 1. The van der Waals surface area contributed by atoms with Crippen LogP contribution >= 0.6 is 0 Å². The molecule has 2 rings (SSSR count). The normalized spacial score (nSPS) is 12.2. The third-order valence-corrected chi connectivity index (χ3v) is 3.30. The SMILES string of the molecule is CCCC(Nc1ccc(F)cc1C)c1ccccc1. The average molecular weight is 257 g/mol. The molecule has 0 fully saturated rings. The highest BCUT2D eigenvalue weighted by molar-refractivity contribution is 5.52. The lowest BCUT2D eigenvalue weighted by Crippen LogP contribution is -2.11. The fourth-order valence-electron chi connectivity index (χ4n) is 2.27. The molecule has 0 bridgehead atoms. The van der Waals surface area contributed by atoms with Crippen LogP contribution in [0.4, 0.5) is 10.1 Å². The fraction of sp³-hybridized carbons (Fsp3) is 0.294. The zero-order valence-electron chi connectivity index (χ0n) is 11.5. The van der Waals surface area contributed by atoms with Crippen LogP contribution in [-0.2, 0) is 0 Å². The first-order valence-corrected chi connectivity index (χ1v) is 6.78. The number of rotatable bonds is 5. The van der Waals surface area contributed by atoms with Gasteiger partial charge in [-0.15, -0.1) is 0 Å². The number of benzene rings is 2. The highest BCUT2D eigenvalue weighted by Crippen LogP contribution is 2.26. The number of hydrogen-bond acceptors (Lipinski definition) is 1. The van der Waals surface area contributed by atoms with Crippen LogP contribution in [0, 0.1) is 12.7 Å². The lowest BCUT2D eigenvalue weighted by Gasteiger charge is -2.21. The van der Waals surface area contributed by atoms with Crippen molar-refractivity contribution >= 4 is 5.69 Å². The molecule has 0 aromatic heterocycles. The Morgan fingerprint density at radius 3 is 2.47 bits per heavy atom. The number of aryl methyl sites for hydroxylation is 1. The molecule has 0 aliphatic carbocycles. The van der Waals surface area contributed by atoms with Gasteiger partial charge in [-0.3, -0.25) is 0 Å². The molecule has 0 spiro atoms. The van der Waals surface area contributed by atoms with Crippen molar-refractivity contribution in [2.45, 2.75) is 32.7 Å². The molecule has 2 heteroatoms. The van der Waals surface area contributed by atoms with Gasteiger partial charge in [-0.05, 0) is 42.7 Å². The molecule has 1 atom stereocenters. The zero-order valence-corrected chi connectivity index (χ0v) is 11.5. The Labute approximate surface area is 114 Å². The summed E-state index contributed by atoms with van der Waals surface area (Å²) in [5.41, 5.74) is 3.22. The highest BCUT2D eigenvalue weighted by atomic mass is 19.1. The van der Waals surface area contributed by atoms with E-state index in [1.165, 1.54) is 11.6 Å². The fourth-order valence-corrected chi connectivity index (χ4v) is 2.27. The van der Waals surface area contributed by atoms with Crippen LogP contribution in [0.2, 0.25) is 0 Å².